The molecule has 3 fully saturated rings. The molecule has 2 aromatic carbocycles. The quantitative estimate of drug-likeness (QED) is 0.158. The van der Waals surface area contributed by atoms with Crippen molar-refractivity contribution < 1.29 is 26.7 Å². The van der Waals surface area contributed by atoms with Crippen LogP contribution in [0.5, 0.6) is 5.75 Å². The third kappa shape index (κ3) is 9.04. The van der Waals surface area contributed by atoms with Gasteiger partial charge in [-0.2, -0.15) is 8.78 Å². The van der Waals surface area contributed by atoms with Gasteiger partial charge in [0.1, 0.15) is 17.4 Å². The smallest absolute Gasteiger partial charge is 0.400 e. The van der Waals surface area contributed by atoms with E-state index in [9.17, 15) is 8.78 Å². The molecule has 5 rings (SSSR count). The highest BCUT2D eigenvalue weighted by Gasteiger charge is 2.44. The normalized spacial score (nSPS) is 27.8. The van der Waals surface area contributed by atoms with Crippen molar-refractivity contribution >= 4 is 0 Å². The Bertz CT molecular complexity index is 1190. The Labute approximate surface area is 267 Å². The van der Waals surface area contributed by atoms with Crippen molar-refractivity contribution in [3.05, 3.63) is 64.7 Å². The molecule has 0 N–H and O–H groups in total. The molecule has 3 saturated carbocycles. The van der Waals surface area contributed by atoms with Gasteiger partial charge in [0.15, 0.2) is 0 Å². The zero-order valence-electron chi connectivity index (χ0n) is 27.2. The van der Waals surface area contributed by atoms with Gasteiger partial charge in [-0.05, 0) is 135 Å². The molecule has 0 saturated heterocycles. The van der Waals surface area contributed by atoms with Crippen molar-refractivity contribution in [3.63, 3.8) is 0 Å². The summed E-state index contributed by atoms with van der Waals surface area (Å²) < 4.78 is 77.2. The molecule has 0 bridgehead atoms. The van der Waals surface area contributed by atoms with Crippen LogP contribution in [0.1, 0.15) is 145 Å². The molecule has 0 heterocycles. The molecule has 0 spiro atoms. The SMILES string of the molecule is CCCCCC1CCC(C2CCC(c3ccc(C4CCC(C(F)(F)Oc5ccc(CCCF)c(F)c5)CC4)c(F)c3)CC2)CC1. The van der Waals surface area contributed by atoms with Crippen LogP contribution in [0.15, 0.2) is 36.4 Å². The molecule has 0 amide bonds. The van der Waals surface area contributed by atoms with E-state index in [4.69, 9.17) is 4.74 Å². The standard InChI is InChI=1S/C39H53F5O/c1-2-3-4-6-27-8-10-28(11-9-27)29-12-14-30(15-13-29)33-19-23-36(38(42)25-33)31-16-20-34(21-17-31)39(43,44)45-35-22-18-32(7-5-24-40)37(41)26-35/h18-19,22-23,25-31,34H,2-17,20-21,24H2,1H3. The molecule has 0 atom stereocenters. The molecule has 0 aliphatic heterocycles. The average molecular weight is 633 g/mol. The summed E-state index contributed by atoms with van der Waals surface area (Å²) in [7, 11) is 0. The van der Waals surface area contributed by atoms with E-state index in [0.29, 0.717) is 24.3 Å². The Morgan fingerprint density at radius 3 is 2.00 bits per heavy atom. The van der Waals surface area contributed by atoms with Crippen LogP contribution >= 0.6 is 0 Å². The summed E-state index contributed by atoms with van der Waals surface area (Å²) in [6.07, 6.45) is 14.1. The number of hydrogen-bond acceptors (Lipinski definition) is 1. The van der Waals surface area contributed by atoms with Crippen LogP contribution < -0.4 is 4.74 Å². The molecular formula is C39H53F5O. The molecule has 3 aliphatic rings. The molecule has 0 aromatic heterocycles. The number of unbranched alkanes of at least 4 members (excludes halogenated alkanes) is 2. The minimum Gasteiger partial charge on any atom is -0.432 e. The van der Waals surface area contributed by atoms with Gasteiger partial charge in [0.05, 0.1) is 12.6 Å². The van der Waals surface area contributed by atoms with Crippen LogP contribution in [-0.2, 0) is 6.42 Å². The summed E-state index contributed by atoms with van der Waals surface area (Å²) in [4.78, 5) is 0. The average Bonchev–Trinajstić information content (AvgIpc) is 3.05. The van der Waals surface area contributed by atoms with Crippen LogP contribution in [0.3, 0.4) is 0 Å². The first-order valence-corrected chi connectivity index (χ1v) is 18.0. The summed E-state index contributed by atoms with van der Waals surface area (Å²) in [5, 5.41) is 0. The van der Waals surface area contributed by atoms with E-state index >= 15 is 13.2 Å². The highest BCUT2D eigenvalue weighted by atomic mass is 19.3. The number of benzene rings is 2. The monoisotopic (exact) mass is 632 g/mol. The molecule has 250 valence electrons. The fourth-order valence-electron chi connectivity index (χ4n) is 8.72. The van der Waals surface area contributed by atoms with E-state index in [1.165, 1.54) is 76.3 Å². The summed E-state index contributed by atoms with van der Waals surface area (Å²) in [5.74, 6) is 0.843. The first-order valence-electron chi connectivity index (χ1n) is 18.0. The van der Waals surface area contributed by atoms with E-state index in [1.807, 2.05) is 6.07 Å². The molecule has 6 heteroatoms. The van der Waals surface area contributed by atoms with Gasteiger partial charge < -0.3 is 4.74 Å². The lowest BCUT2D eigenvalue weighted by molar-refractivity contribution is -0.222. The first kappa shape index (κ1) is 34.2. The minimum atomic E-state index is -3.45. The Kier molecular flexibility index (Phi) is 12.3. The molecule has 45 heavy (non-hydrogen) atoms. The van der Waals surface area contributed by atoms with Gasteiger partial charge in [0.25, 0.3) is 0 Å². The van der Waals surface area contributed by atoms with Crippen molar-refractivity contribution in [2.24, 2.45) is 23.7 Å². The number of alkyl halides is 3. The minimum absolute atomic E-state index is 0.0915. The van der Waals surface area contributed by atoms with Crippen LogP contribution in [0, 0.1) is 35.3 Å². The Morgan fingerprint density at radius 2 is 1.38 bits per heavy atom. The Balaban J connectivity index is 1.08. The van der Waals surface area contributed by atoms with E-state index in [0.717, 1.165) is 42.2 Å². The molecule has 1 nitrogen and oxygen atoms in total. The van der Waals surface area contributed by atoms with Crippen molar-refractivity contribution in [3.8, 4) is 5.75 Å². The fraction of sp³-hybridized carbons (Fsp3) is 0.692. The highest BCUT2D eigenvalue weighted by molar-refractivity contribution is 5.31. The van der Waals surface area contributed by atoms with E-state index in [1.54, 1.807) is 6.07 Å². The van der Waals surface area contributed by atoms with Gasteiger partial charge in [-0.15, -0.1) is 0 Å². The summed E-state index contributed by atoms with van der Waals surface area (Å²) >= 11 is 0. The number of halogens is 5. The summed E-state index contributed by atoms with van der Waals surface area (Å²) in [6, 6.07) is 9.37. The lowest BCUT2D eigenvalue weighted by Crippen LogP contribution is -2.37. The molecule has 2 aromatic rings. The lowest BCUT2D eigenvalue weighted by Gasteiger charge is -2.38. The number of ether oxygens (including phenoxy) is 1. The van der Waals surface area contributed by atoms with Gasteiger partial charge >= 0.3 is 6.11 Å². The topological polar surface area (TPSA) is 9.23 Å². The van der Waals surface area contributed by atoms with Crippen LogP contribution in [-0.4, -0.2) is 12.8 Å². The van der Waals surface area contributed by atoms with Crippen molar-refractivity contribution in [1.82, 2.24) is 0 Å². The van der Waals surface area contributed by atoms with Crippen LogP contribution in [0.4, 0.5) is 22.0 Å². The number of hydrogen-bond donors (Lipinski definition) is 0. The van der Waals surface area contributed by atoms with Crippen molar-refractivity contribution in [2.75, 3.05) is 6.67 Å². The maximum atomic E-state index is 15.4. The maximum absolute atomic E-state index is 15.4. The number of aryl methyl sites for hydroxylation is 1. The predicted molar refractivity (Wildman–Crippen MR) is 172 cm³/mol. The predicted octanol–water partition coefficient (Wildman–Crippen LogP) is 12.5. The number of rotatable bonds is 13. The second-order valence-corrected chi connectivity index (χ2v) is 14.4. The lowest BCUT2D eigenvalue weighted by atomic mass is 9.68. The van der Waals surface area contributed by atoms with Crippen molar-refractivity contribution in [1.29, 1.82) is 0 Å². The zero-order chi connectivity index (χ0) is 31.8. The van der Waals surface area contributed by atoms with E-state index in [-0.39, 0.29) is 48.7 Å². The molecule has 0 radical (unpaired) electrons. The third-order valence-corrected chi connectivity index (χ3v) is 11.5. The largest absolute Gasteiger partial charge is 0.432 e. The van der Waals surface area contributed by atoms with Gasteiger partial charge in [0, 0.05) is 6.07 Å². The van der Waals surface area contributed by atoms with Crippen molar-refractivity contribution in [2.45, 2.75) is 140 Å². The van der Waals surface area contributed by atoms with Gasteiger partial charge in [-0.3, -0.25) is 4.39 Å². The first-order chi connectivity index (χ1) is 21.8. The molecule has 3 aliphatic carbocycles. The Hall–Kier alpha value is -2.11. The Morgan fingerprint density at radius 1 is 0.711 bits per heavy atom. The molecular weight excluding hydrogens is 579 g/mol. The third-order valence-electron chi connectivity index (χ3n) is 11.5. The highest BCUT2D eigenvalue weighted by Crippen LogP contribution is 2.47. The van der Waals surface area contributed by atoms with Gasteiger partial charge in [0.2, 0.25) is 0 Å². The zero-order valence-corrected chi connectivity index (χ0v) is 27.2. The summed E-state index contributed by atoms with van der Waals surface area (Å²) in [5.41, 5.74) is 2.01. The fourth-order valence-corrected chi connectivity index (χ4v) is 8.72. The summed E-state index contributed by atoms with van der Waals surface area (Å²) in [6.45, 7) is 1.72. The second kappa shape index (κ2) is 16.1. The van der Waals surface area contributed by atoms with Crippen LogP contribution in [0.2, 0.25) is 0 Å². The van der Waals surface area contributed by atoms with E-state index < -0.39 is 24.5 Å². The van der Waals surface area contributed by atoms with Crippen LogP contribution in [0.25, 0.3) is 0 Å². The van der Waals surface area contributed by atoms with Gasteiger partial charge in [-0.25, -0.2) is 8.78 Å². The van der Waals surface area contributed by atoms with E-state index in [2.05, 4.69) is 13.0 Å². The molecule has 0 unspecified atom stereocenters. The maximum Gasteiger partial charge on any atom is 0.400 e. The second-order valence-electron chi connectivity index (χ2n) is 14.4. The van der Waals surface area contributed by atoms with Gasteiger partial charge in [-0.1, -0.05) is 63.6 Å².